The van der Waals surface area contributed by atoms with Crippen LogP contribution in [0.5, 0.6) is 0 Å². The molecule has 34 heavy (non-hydrogen) atoms. The van der Waals surface area contributed by atoms with Gasteiger partial charge in [-0.3, -0.25) is 4.79 Å². The summed E-state index contributed by atoms with van der Waals surface area (Å²) in [4.78, 5) is 24.5. The number of hydrogen-bond donors (Lipinski definition) is 3. The molecule has 1 fully saturated rings. The van der Waals surface area contributed by atoms with Gasteiger partial charge < -0.3 is 21.0 Å². The number of anilines is 2. The summed E-state index contributed by atoms with van der Waals surface area (Å²) in [7, 11) is 0. The van der Waals surface area contributed by atoms with E-state index in [9.17, 15) is 9.18 Å². The van der Waals surface area contributed by atoms with E-state index in [1.807, 2.05) is 36.0 Å². The number of carbonyl (C=O) groups is 1. The van der Waals surface area contributed by atoms with Crippen LogP contribution in [-0.2, 0) is 0 Å². The number of halogens is 1. The van der Waals surface area contributed by atoms with E-state index in [0.717, 1.165) is 34.9 Å². The van der Waals surface area contributed by atoms with Gasteiger partial charge in [-0.25, -0.2) is 19.3 Å². The topological polar surface area (TPSA) is 123 Å². The van der Waals surface area contributed by atoms with E-state index in [-0.39, 0.29) is 11.4 Å². The molecule has 2 aromatic heterocycles. The number of benzene rings is 2. The van der Waals surface area contributed by atoms with Crippen LogP contribution >= 0.6 is 0 Å². The minimum atomic E-state index is -0.640. The monoisotopic (exact) mass is 455 g/mol. The van der Waals surface area contributed by atoms with Crippen molar-refractivity contribution in [2.45, 2.75) is 25.7 Å². The molecule has 2 aromatic carbocycles. The summed E-state index contributed by atoms with van der Waals surface area (Å²) in [6.07, 6.45) is 8.43. The number of aryl methyl sites for hydroxylation is 1. The van der Waals surface area contributed by atoms with Crippen LogP contribution in [0.15, 0.2) is 55.1 Å². The first-order chi connectivity index (χ1) is 16.4. The van der Waals surface area contributed by atoms with Crippen LogP contribution in [0.2, 0.25) is 0 Å². The highest BCUT2D eigenvalue weighted by Gasteiger charge is 2.26. The number of aromatic nitrogens is 4. The van der Waals surface area contributed by atoms with Gasteiger partial charge in [-0.15, -0.1) is 0 Å². The Balaban J connectivity index is 1.42. The van der Waals surface area contributed by atoms with Crippen LogP contribution < -0.4 is 11.1 Å². The van der Waals surface area contributed by atoms with Crippen molar-refractivity contribution in [1.82, 2.24) is 19.5 Å². The number of hydrogen-bond acceptors (Lipinski definition) is 6. The molecule has 8 nitrogen and oxygen atoms in total. The van der Waals surface area contributed by atoms with Gasteiger partial charge in [0.05, 0.1) is 18.2 Å². The third kappa shape index (κ3) is 4.15. The Bertz CT molecular complexity index is 1420. The number of rotatable bonds is 7. The van der Waals surface area contributed by atoms with E-state index in [4.69, 9.17) is 11.1 Å². The van der Waals surface area contributed by atoms with Gasteiger partial charge >= 0.3 is 0 Å². The molecule has 1 aliphatic carbocycles. The zero-order valence-electron chi connectivity index (χ0n) is 18.4. The molecular formula is C25H22FN7O. The average Bonchev–Trinajstić information content (AvgIpc) is 3.57. The van der Waals surface area contributed by atoms with Crippen LogP contribution in [0.4, 0.5) is 15.9 Å². The molecule has 170 valence electrons. The normalized spacial score (nSPS) is 13.0. The van der Waals surface area contributed by atoms with Crippen LogP contribution in [0.25, 0.3) is 17.1 Å². The minimum Gasteiger partial charge on any atom is -0.366 e. The van der Waals surface area contributed by atoms with Crippen molar-refractivity contribution in [3.8, 4) is 17.1 Å². The summed E-state index contributed by atoms with van der Waals surface area (Å²) in [5.74, 6) is -0.333. The summed E-state index contributed by atoms with van der Waals surface area (Å²) >= 11 is 0. The summed E-state index contributed by atoms with van der Waals surface area (Å²) in [6, 6.07) is 10.4. The third-order valence-corrected chi connectivity index (χ3v) is 5.81. The van der Waals surface area contributed by atoms with Crippen LogP contribution in [0.1, 0.15) is 45.9 Å². The maximum Gasteiger partial charge on any atom is 0.249 e. The molecule has 0 radical (unpaired) electrons. The fourth-order valence-corrected chi connectivity index (χ4v) is 3.86. The smallest absolute Gasteiger partial charge is 0.249 e. The Morgan fingerprint density at radius 1 is 1.24 bits per heavy atom. The molecule has 0 aliphatic heterocycles. The lowest BCUT2D eigenvalue weighted by Gasteiger charge is -2.12. The van der Waals surface area contributed by atoms with Crippen molar-refractivity contribution in [2.24, 2.45) is 5.73 Å². The lowest BCUT2D eigenvalue weighted by molar-refractivity contribution is 0.1000. The fraction of sp³-hybridized carbons (Fsp3) is 0.160. The van der Waals surface area contributed by atoms with Crippen molar-refractivity contribution in [3.63, 3.8) is 0 Å². The van der Waals surface area contributed by atoms with Crippen LogP contribution in [0.3, 0.4) is 0 Å². The zero-order valence-corrected chi connectivity index (χ0v) is 18.4. The lowest BCUT2D eigenvalue weighted by atomic mass is 10.1. The van der Waals surface area contributed by atoms with Gasteiger partial charge in [0.2, 0.25) is 5.91 Å². The number of imidazole rings is 1. The molecule has 4 aromatic rings. The molecule has 0 saturated heterocycles. The Hall–Kier alpha value is -4.40. The molecule has 0 unspecified atom stereocenters. The average molecular weight is 455 g/mol. The van der Waals surface area contributed by atoms with E-state index in [2.05, 4.69) is 26.5 Å². The minimum absolute atomic E-state index is 0.0156. The molecule has 1 saturated carbocycles. The second-order valence-corrected chi connectivity index (χ2v) is 8.31. The highest BCUT2D eigenvalue weighted by molar-refractivity contribution is 6.01. The van der Waals surface area contributed by atoms with Crippen molar-refractivity contribution in [2.75, 3.05) is 5.32 Å². The Morgan fingerprint density at radius 3 is 2.76 bits per heavy atom. The van der Waals surface area contributed by atoms with E-state index in [1.165, 1.54) is 25.0 Å². The van der Waals surface area contributed by atoms with E-state index in [0.29, 0.717) is 23.0 Å². The van der Waals surface area contributed by atoms with Crippen molar-refractivity contribution >= 4 is 23.6 Å². The van der Waals surface area contributed by atoms with Gasteiger partial charge in [-0.05, 0) is 61.7 Å². The van der Waals surface area contributed by atoms with Gasteiger partial charge in [0, 0.05) is 46.4 Å². The lowest BCUT2D eigenvalue weighted by Crippen LogP contribution is -2.13. The SMILES string of the molecule is Cc1cc(-c2ncc(F)c(Nc3ccc(C(N)=O)c(C=N)c3)n2)ccc1-n1cnc(C2CC2)c1. The maximum absolute atomic E-state index is 14.5. The van der Waals surface area contributed by atoms with E-state index < -0.39 is 11.7 Å². The molecule has 4 N–H and O–H groups in total. The molecular weight excluding hydrogens is 433 g/mol. The first-order valence-corrected chi connectivity index (χ1v) is 10.8. The zero-order chi connectivity index (χ0) is 23.8. The maximum atomic E-state index is 14.5. The van der Waals surface area contributed by atoms with Crippen LogP contribution in [0, 0.1) is 18.2 Å². The number of primary amides is 1. The predicted molar refractivity (Wildman–Crippen MR) is 127 cm³/mol. The molecule has 0 bridgehead atoms. The fourth-order valence-electron chi connectivity index (χ4n) is 3.86. The predicted octanol–water partition coefficient (Wildman–Crippen LogP) is 4.49. The standard InChI is InChI=1S/C25H22FN7O/c1-14-8-16(4-7-22(14)33-12-21(30-13-33)15-2-3-15)24-29-11-20(26)25(32-24)31-18-5-6-19(23(28)34)17(9-18)10-27/h4-13,15,27H,2-3H2,1H3,(H2,28,34)(H,29,31,32). The number of nitrogens with two attached hydrogens (primary N) is 1. The number of nitrogens with one attached hydrogen (secondary N) is 2. The van der Waals surface area contributed by atoms with Crippen LogP contribution in [-0.4, -0.2) is 31.6 Å². The largest absolute Gasteiger partial charge is 0.366 e. The molecule has 9 heteroatoms. The summed E-state index contributed by atoms with van der Waals surface area (Å²) in [6.45, 7) is 2.00. The second kappa shape index (κ2) is 8.51. The van der Waals surface area contributed by atoms with Gasteiger partial charge in [0.15, 0.2) is 17.5 Å². The first kappa shape index (κ1) is 21.4. The Morgan fingerprint density at radius 2 is 2.06 bits per heavy atom. The summed E-state index contributed by atoms with van der Waals surface area (Å²) < 4.78 is 16.5. The van der Waals surface area contributed by atoms with Crippen molar-refractivity contribution < 1.29 is 9.18 Å². The third-order valence-electron chi connectivity index (χ3n) is 5.81. The number of nitrogens with zero attached hydrogens (tertiary/aromatic N) is 4. The molecule has 1 aliphatic rings. The first-order valence-electron chi connectivity index (χ1n) is 10.8. The molecule has 2 heterocycles. The quantitative estimate of drug-likeness (QED) is 0.354. The summed E-state index contributed by atoms with van der Waals surface area (Å²) in [5, 5.41) is 10.4. The molecule has 1 amide bonds. The van der Waals surface area contributed by atoms with Gasteiger partial charge in [-0.2, -0.15) is 0 Å². The number of amides is 1. The Labute approximate surface area is 195 Å². The van der Waals surface area contributed by atoms with Gasteiger partial charge in [0.25, 0.3) is 0 Å². The highest BCUT2D eigenvalue weighted by atomic mass is 19.1. The molecule has 0 spiro atoms. The van der Waals surface area contributed by atoms with Gasteiger partial charge in [0.1, 0.15) is 0 Å². The number of carbonyl (C=O) groups excluding carboxylic acids is 1. The van der Waals surface area contributed by atoms with E-state index >= 15 is 0 Å². The van der Waals surface area contributed by atoms with Gasteiger partial charge in [-0.1, -0.05) is 0 Å². The summed E-state index contributed by atoms with van der Waals surface area (Å²) in [5.41, 5.74) is 10.2. The molecule has 0 atom stereocenters. The molecule has 5 rings (SSSR count). The highest BCUT2D eigenvalue weighted by Crippen LogP contribution is 2.39. The van der Waals surface area contributed by atoms with Crippen molar-refractivity contribution in [3.05, 3.63) is 83.3 Å². The second-order valence-electron chi connectivity index (χ2n) is 8.31. The van der Waals surface area contributed by atoms with E-state index in [1.54, 1.807) is 6.07 Å². The Kier molecular flexibility index (Phi) is 5.37. The van der Waals surface area contributed by atoms with Crippen molar-refractivity contribution in [1.29, 1.82) is 5.41 Å².